The van der Waals surface area contributed by atoms with Crippen LogP contribution in [0.5, 0.6) is 0 Å². The predicted molar refractivity (Wildman–Crippen MR) is 61.0 cm³/mol. The van der Waals surface area contributed by atoms with Crippen LogP contribution in [0.4, 0.5) is 10.1 Å². The second kappa shape index (κ2) is 4.21. The molecule has 0 fully saturated rings. The minimum atomic E-state index is -1.22. The first kappa shape index (κ1) is 11.1. The molecule has 0 saturated carbocycles. The number of aromatic carboxylic acids is 1. The van der Waals surface area contributed by atoms with Crippen LogP contribution < -0.4 is 5.73 Å². The maximum absolute atomic E-state index is 13.6. The molecule has 5 heteroatoms. The number of hydrogen-bond acceptors (Lipinski definition) is 3. The third kappa shape index (κ3) is 2.08. The van der Waals surface area contributed by atoms with Crippen molar-refractivity contribution in [3.05, 3.63) is 48.0 Å². The Hall–Kier alpha value is -2.43. The molecule has 0 aliphatic heterocycles. The van der Waals surface area contributed by atoms with Crippen molar-refractivity contribution >= 4 is 11.7 Å². The third-order valence-electron chi connectivity index (χ3n) is 2.28. The van der Waals surface area contributed by atoms with Gasteiger partial charge in [0, 0.05) is 11.1 Å². The Morgan fingerprint density at radius 1 is 1.29 bits per heavy atom. The highest BCUT2D eigenvalue weighted by Gasteiger charge is 2.16. The zero-order valence-corrected chi connectivity index (χ0v) is 8.72. The number of benzene rings is 1. The Morgan fingerprint density at radius 2 is 2.00 bits per heavy atom. The lowest BCUT2D eigenvalue weighted by atomic mass is 10.0. The Morgan fingerprint density at radius 3 is 2.65 bits per heavy atom. The second-order valence-corrected chi connectivity index (χ2v) is 3.45. The second-order valence-electron chi connectivity index (χ2n) is 3.45. The van der Waals surface area contributed by atoms with Gasteiger partial charge < -0.3 is 10.8 Å². The number of nitrogens with zero attached hydrogens (tertiary/aromatic N) is 1. The Balaban J connectivity index is 2.70. The molecular weight excluding hydrogens is 223 g/mol. The van der Waals surface area contributed by atoms with Gasteiger partial charge in [0.1, 0.15) is 5.82 Å². The molecule has 1 heterocycles. The molecule has 0 radical (unpaired) electrons. The van der Waals surface area contributed by atoms with Gasteiger partial charge in [-0.15, -0.1) is 0 Å². The molecule has 1 aromatic heterocycles. The van der Waals surface area contributed by atoms with Crippen LogP contribution in [0.15, 0.2) is 36.5 Å². The molecule has 1 aromatic carbocycles. The van der Waals surface area contributed by atoms with Crippen molar-refractivity contribution in [2.24, 2.45) is 0 Å². The van der Waals surface area contributed by atoms with E-state index in [4.69, 9.17) is 10.8 Å². The number of nitrogens with two attached hydrogens (primary N) is 1. The van der Waals surface area contributed by atoms with Gasteiger partial charge in [-0.25, -0.2) is 14.2 Å². The highest BCUT2D eigenvalue weighted by Crippen LogP contribution is 2.26. The molecule has 17 heavy (non-hydrogen) atoms. The van der Waals surface area contributed by atoms with E-state index >= 15 is 0 Å². The molecule has 3 N–H and O–H groups in total. The minimum Gasteiger partial charge on any atom is -0.476 e. The molecule has 0 aliphatic carbocycles. The van der Waals surface area contributed by atoms with Gasteiger partial charge in [0.15, 0.2) is 5.69 Å². The molecular formula is C12H9FN2O2. The molecule has 2 rings (SSSR count). The maximum Gasteiger partial charge on any atom is 0.355 e. The van der Waals surface area contributed by atoms with E-state index in [0.717, 1.165) is 0 Å². The number of carboxylic acids is 1. The summed E-state index contributed by atoms with van der Waals surface area (Å²) in [5, 5.41) is 8.98. The first-order valence-corrected chi connectivity index (χ1v) is 4.83. The quantitative estimate of drug-likeness (QED) is 0.831. The SMILES string of the molecule is Nc1cnc(C(=O)O)c(-c2ccccc2F)c1. The van der Waals surface area contributed by atoms with Gasteiger partial charge in [-0.1, -0.05) is 18.2 Å². The van der Waals surface area contributed by atoms with Crippen LogP contribution in [0.3, 0.4) is 0 Å². The summed E-state index contributed by atoms with van der Waals surface area (Å²) in [6, 6.07) is 7.28. The molecule has 0 spiro atoms. The van der Waals surface area contributed by atoms with Crippen molar-refractivity contribution < 1.29 is 14.3 Å². The summed E-state index contributed by atoms with van der Waals surface area (Å²) in [5.74, 6) is -1.73. The molecule has 4 nitrogen and oxygen atoms in total. The van der Waals surface area contributed by atoms with E-state index in [1.165, 1.54) is 30.5 Å². The number of hydrogen-bond donors (Lipinski definition) is 2. The smallest absolute Gasteiger partial charge is 0.355 e. The number of carbonyl (C=O) groups is 1. The van der Waals surface area contributed by atoms with Gasteiger partial charge >= 0.3 is 5.97 Å². The molecule has 86 valence electrons. The zero-order valence-electron chi connectivity index (χ0n) is 8.72. The lowest BCUT2D eigenvalue weighted by molar-refractivity contribution is 0.0691. The average molecular weight is 232 g/mol. The Kier molecular flexibility index (Phi) is 2.74. The van der Waals surface area contributed by atoms with Crippen LogP contribution in [0.25, 0.3) is 11.1 Å². The van der Waals surface area contributed by atoms with E-state index < -0.39 is 11.8 Å². The van der Waals surface area contributed by atoms with Crippen molar-refractivity contribution in [1.82, 2.24) is 4.98 Å². The topological polar surface area (TPSA) is 76.2 Å². The van der Waals surface area contributed by atoms with Crippen LogP contribution >= 0.6 is 0 Å². The van der Waals surface area contributed by atoms with Crippen LogP contribution in [-0.4, -0.2) is 16.1 Å². The normalized spacial score (nSPS) is 10.2. The molecule has 0 amide bonds. The van der Waals surface area contributed by atoms with Gasteiger partial charge in [0.2, 0.25) is 0 Å². The summed E-state index contributed by atoms with van der Waals surface area (Å²) < 4.78 is 13.6. The number of anilines is 1. The first-order valence-electron chi connectivity index (χ1n) is 4.83. The van der Waals surface area contributed by atoms with E-state index in [-0.39, 0.29) is 22.5 Å². The van der Waals surface area contributed by atoms with Gasteiger partial charge in [-0.05, 0) is 12.1 Å². The average Bonchev–Trinajstić information content (AvgIpc) is 2.29. The van der Waals surface area contributed by atoms with E-state index in [2.05, 4.69) is 4.98 Å². The number of pyridine rings is 1. The summed E-state index contributed by atoms with van der Waals surface area (Å²) >= 11 is 0. The lowest BCUT2D eigenvalue weighted by Gasteiger charge is -2.07. The van der Waals surface area contributed by atoms with Gasteiger partial charge in [-0.3, -0.25) is 0 Å². The van der Waals surface area contributed by atoms with E-state index in [1.54, 1.807) is 6.07 Å². The van der Waals surface area contributed by atoms with Gasteiger partial charge in [-0.2, -0.15) is 0 Å². The van der Waals surface area contributed by atoms with E-state index in [9.17, 15) is 9.18 Å². The molecule has 0 aliphatic rings. The fourth-order valence-electron chi connectivity index (χ4n) is 1.54. The zero-order chi connectivity index (χ0) is 12.4. The van der Waals surface area contributed by atoms with E-state index in [0.29, 0.717) is 0 Å². The van der Waals surface area contributed by atoms with Gasteiger partial charge in [0.05, 0.1) is 11.9 Å². The lowest BCUT2D eigenvalue weighted by Crippen LogP contribution is -2.05. The monoisotopic (exact) mass is 232 g/mol. The van der Waals surface area contributed by atoms with Crippen molar-refractivity contribution in [2.45, 2.75) is 0 Å². The van der Waals surface area contributed by atoms with Crippen LogP contribution in [0, 0.1) is 5.82 Å². The van der Waals surface area contributed by atoms with Gasteiger partial charge in [0.25, 0.3) is 0 Å². The van der Waals surface area contributed by atoms with Crippen molar-refractivity contribution in [2.75, 3.05) is 5.73 Å². The molecule has 2 aromatic rings. The summed E-state index contributed by atoms with van der Waals surface area (Å²) in [6.45, 7) is 0. The highest BCUT2D eigenvalue weighted by molar-refractivity contribution is 5.94. The highest BCUT2D eigenvalue weighted by atomic mass is 19.1. The molecule has 0 saturated heterocycles. The molecule has 0 unspecified atom stereocenters. The third-order valence-corrected chi connectivity index (χ3v) is 2.28. The number of aromatic nitrogens is 1. The minimum absolute atomic E-state index is 0.171. The number of halogens is 1. The first-order chi connectivity index (χ1) is 8.09. The Bertz CT molecular complexity index is 584. The predicted octanol–water partition coefficient (Wildman–Crippen LogP) is 2.17. The molecule has 0 atom stereocenters. The molecule has 0 bridgehead atoms. The van der Waals surface area contributed by atoms with Crippen LogP contribution in [-0.2, 0) is 0 Å². The largest absolute Gasteiger partial charge is 0.476 e. The fourth-order valence-corrected chi connectivity index (χ4v) is 1.54. The number of rotatable bonds is 2. The summed E-state index contributed by atoms with van der Waals surface area (Å²) in [5.41, 5.74) is 5.95. The number of nitrogen functional groups attached to an aromatic ring is 1. The number of carboxylic acid groups (broad SMARTS) is 1. The van der Waals surface area contributed by atoms with Crippen molar-refractivity contribution in [1.29, 1.82) is 0 Å². The maximum atomic E-state index is 13.6. The Labute approximate surface area is 96.5 Å². The summed E-state index contributed by atoms with van der Waals surface area (Å²) in [6.07, 6.45) is 1.23. The van der Waals surface area contributed by atoms with Crippen molar-refractivity contribution in [3.8, 4) is 11.1 Å². The standard InChI is InChI=1S/C12H9FN2O2/c13-10-4-2-1-3-8(10)9-5-7(14)6-15-11(9)12(16)17/h1-6H,14H2,(H,16,17). The van der Waals surface area contributed by atoms with Crippen molar-refractivity contribution in [3.63, 3.8) is 0 Å². The summed E-state index contributed by atoms with van der Waals surface area (Å²) in [4.78, 5) is 14.7. The summed E-state index contributed by atoms with van der Waals surface area (Å²) in [7, 11) is 0. The van der Waals surface area contributed by atoms with Crippen LogP contribution in [0.1, 0.15) is 10.5 Å². The van der Waals surface area contributed by atoms with Crippen LogP contribution in [0.2, 0.25) is 0 Å². The fraction of sp³-hybridized carbons (Fsp3) is 0. The van der Waals surface area contributed by atoms with E-state index in [1.807, 2.05) is 0 Å².